The van der Waals surface area contributed by atoms with E-state index in [1.807, 2.05) is 0 Å². The van der Waals surface area contributed by atoms with Crippen LogP contribution in [0.15, 0.2) is 97.1 Å². The van der Waals surface area contributed by atoms with Crippen LogP contribution in [0, 0.1) is 51.6 Å². The standard InChI is InChI=1S/C32H30Si2/c1-7-33(29-21-13-9-17-25(29)3,30-22-14-10-18-26(30)4)34(8-2,31-23-15-11-19-27(31)5)32-24-16-12-20-28(32)6/h1-2,9-24H,3-6H3. The first-order valence-electron chi connectivity index (χ1n) is 11.6. The van der Waals surface area contributed by atoms with Crippen LogP contribution in [0.3, 0.4) is 0 Å². The molecular formula is C32H30Si2. The predicted molar refractivity (Wildman–Crippen MR) is 152 cm³/mol. The zero-order valence-corrected chi connectivity index (χ0v) is 22.4. The first-order valence-corrected chi connectivity index (χ1v) is 16.6. The Bertz CT molecular complexity index is 1230. The average Bonchev–Trinajstić information content (AvgIpc) is 2.85. The fourth-order valence-electron chi connectivity index (χ4n) is 5.60. The summed E-state index contributed by atoms with van der Waals surface area (Å²) in [5.41, 5.74) is 11.9. The predicted octanol–water partition coefficient (Wildman–Crippen LogP) is 4.17. The van der Waals surface area contributed by atoms with Gasteiger partial charge < -0.3 is 0 Å². The van der Waals surface area contributed by atoms with E-state index in [0.717, 1.165) is 0 Å². The second kappa shape index (κ2) is 9.36. The van der Waals surface area contributed by atoms with Crippen LogP contribution in [-0.4, -0.2) is 15.2 Å². The highest BCUT2D eigenvalue weighted by Gasteiger charge is 2.61. The zero-order chi connectivity index (χ0) is 24.3. The van der Waals surface area contributed by atoms with E-state index in [-0.39, 0.29) is 0 Å². The van der Waals surface area contributed by atoms with Gasteiger partial charge in [0.15, 0.2) is 0 Å². The van der Waals surface area contributed by atoms with Crippen LogP contribution < -0.4 is 20.7 Å². The van der Waals surface area contributed by atoms with Crippen molar-refractivity contribution in [1.82, 2.24) is 0 Å². The van der Waals surface area contributed by atoms with Gasteiger partial charge >= 0.3 is 0 Å². The highest BCUT2D eigenvalue weighted by Crippen LogP contribution is 2.25. The first-order chi connectivity index (χ1) is 16.4. The van der Waals surface area contributed by atoms with Crippen LogP contribution in [0.4, 0.5) is 0 Å². The SMILES string of the molecule is C#C[Si](c1ccccc1C)(c1ccccc1C)[Si](C#C)(c1ccccc1C)c1ccccc1C. The van der Waals surface area contributed by atoms with Crippen molar-refractivity contribution in [2.24, 2.45) is 0 Å². The molecule has 0 heterocycles. The molecule has 0 N–H and O–H groups in total. The molecule has 0 fully saturated rings. The monoisotopic (exact) mass is 470 g/mol. The van der Waals surface area contributed by atoms with Crippen LogP contribution >= 0.6 is 0 Å². The summed E-state index contributed by atoms with van der Waals surface area (Å²) in [5.74, 6) is 0. The van der Waals surface area contributed by atoms with E-state index in [1.165, 1.54) is 43.0 Å². The van der Waals surface area contributed by atoms with E-state index in [1.54, 1.807) is 0 Å². The van der Waals surface area contributed by atoms with E-state index in [4.69, 9.17) is 12.8 Å². The van der Waals surface area contributed by atoms with Crippen molar-refractivity contribution >= 4 is 35.9 Å². The van der Waals surface area contributed by atoms with Gasteiger partial charge in [-0.1, -0.05) is 119 Å². The largest absolute Gasteiger partial charge is 0.213 e. The number of hydrogen-bond donors (Lipinski definition) is 0. The molecule has 0 aliphatic carbocycles. The van der Waals surface area contributed by atoms with Gasteiger partial charge in [0.25, 0.3) is 0 Å². The van der Waals surface area contributed by atoms with Crippen molar-refractivity contribution in [3.8, 4) is 23.9 Å². The lowest BCUT2D eigenvalue weighted by Gasteiger charge is -2.45. The van der Waals surface area contributed by atoms with Gasteiger partial charge in [0.05, 0.1) is 0 Å². The number of hydrogen-bond acceptors (Lipinski definition) is 0. The highest BCUT2D eigenvalue weighted by molar-refractivity contribution is 7.65. The molecule has 166 valence electrons. The molecule has 4 aromatic carbocycles. The van der Waals surface area contributed by atoms with Crippen molar-refractivity contribution < 1.29 is 0 Å². The highest BCUT2D eigenvalue weighted by atomic mass is 29.3. The number of benzene rings is 4. The van der Waals surface area contributed by atoms with Crippen molar-refractivity contribution in [2.75, 3.05) is 0 Å². The molecule has 2 heteroatoms. The Kier molecular flexibility index (Phi) is 6.49. The van der Waals surface area contributed by atoms with Crippen molar-refractivity contribution in [3.05, 3.63) is 119 Å². The minimum Gasteiger partial charge on any atom is -0.127 e. The minimum absolute atomic E-state index is 1.21. The molecular weight excluding hydrogens is 441 g/mol. The van der Waals surface area contributed by atoms with Gasteiger partial charge in [0, 0.05) is 0 Å². The molecule has 4 rings (SSSR count). The second-order valence-corrected chi connectivity index (χ2v) is 19.3. The van der Waals surface area contributed by atoms with Crippen LogP contribution in [0.2, 0.25) is 0 Å². The van der Waals surface area contributed by atoms with Crippen LogP contribution in [-0.2, 0) is 0 Å². The summed E-state index contributed by atoms with van der Waals surface area (Å²) in [5, 5.41) is 5.01. The number of aryl methyl sites for hydroxylation is 4. The third-order valence-corrected chi connectivity index (χ3v) is 22.1. The molecule has 0 spiro atoms. The van der Waals surface area contributed by atoms with Crippen molar-refractivity contribution in [3.63, 3.8) is 0 Å². The fraction of sp³-hybridized carbons (Fsp3) is 0.125. The molecule has 0 radical (unpaired) electrons. The number of terminal acetylenes is 2. The van der Waals surface area contributed by atoms with Gasteiger partial charge in [-0.2, -0.15) is 0 Å². The maximum Gasteiger partial charge on any atom is 0.213 e. The first kappa shape index (κ1) is 23.6. The molecule has 0 amide bonds. The normalized spacial score (nSPS) is 11.5. The summed E-state index contributed by atoms with van der Waals surface area (Å²) in [6.45, 7) is 8.71. The Hall–Kier alpha value is -3.57. The Morgan fingerprint density at radius 1 is 0.412 bits per heavy atom. The van der Waals surface area contributed by atoms with E-state index in [9.17, 15) is 0 Å². The van der Waals surface area contributed by atoms with Gasteiger partial charge in [-0.25, -0.2) is 0 Å². The van der Waals surface area contributed by atoms with Crippen LogP contribution in [0.25, 0.3) is 0 Å². The third kappa shape index (κ3) is 3.39. The van der Waals surface area contributed by atoms with Gasteiger partial charge in [0.1, 0.15) is 0 Å². The molecule has 0 saturated heterocycles. The smallest absolute Gasteiger partial charge is 0.127 e. The maximum atomic E-state index is 6.80. The molecule has 0 atom stereocenters. The van der Waals surface area contributed by atoms with E-state index in [0.29, 0.717) is 0 Å². The Morgan fingerprint density at radius 2 is 0.618 bits per heavy atom. The quantitative estimate of drug-likeness (QED) is 0.303. The summed E-state index contributed by atoms with van der Waals surface area (Å²) in [4.78, 5) is 0. The van der Waals surface area contributed by atoms with Gasteiger partial charge in [-0.15, -0.1) is 23.9 Å². The van der Waals surface area contributed by atoms with Gasteiger partial charge in [-0.3, -0.25) is 0 Å². The summed E-state index contributed by atoms with van der Waals surface area (Å²) in [6, 6.07) is 34.5. The fourth-order valence-corrected chi connectivity index (χ4v) is 22.4. The molecule has 0 nitrogen and oxygen atoms in total. The third-order valence-electron chi connectivity index (χ3n) is 7.19. The summed E-state index contributed by atoms with van der Waals surface area (Å²) >= 11 is 0. The maximum absolute atomic E-state index is 6.80. The van der Waals surface area contributed by atoms with E-state index >= 15 is 0 Å². The Balaban J connectivity index is 2.34. The Labute approximate surface area is 206 Å². The van der Waals surface area contributed by atoms with E-state index in [2.05, 4.69) is 136 Å². The van der Waals surface area contributed by atoms with Gasteiger partial charge in [-0.05, 0) is 48.4 Å². The van der Waals surface area contributed by atoms with Crippen molar-refractivity contribution in [1.29, 1.82) is 0 Å². The molecule has 0 aromatic heterocycles. The lowest BCUT2D eigenvalue weighted by molar-refractivity contribution is 1.47. The summed E-state index contributed by atoms with van der Waals surface area (Å²) in [6.07, 6.45) is 13.6. The molecule has 34 heavy (non-hydrogen) atoms. The lowest BCUT2D eigenvalue weighted by Crippen LogP contribution is -2.86. The summed E-state index contributed by atoms with van der Waals surface area (Å²) in [7, 11) is -6.01. The number of rotatable bonds is 5. The van der Waals surface area contributed by atoms with Crippen LogP contribution in [0.1, 0.15) is 22.3 Å². The summed E-state index contributed by atoms with van der Waals surface area (Å²) < 4.78 is 0. The molecule has 0 unspecified atom stereocenters. The molecule has 0 aliphatic rings. The minimum atomic E-state index is -3.00. The Morgan fingerprint density at radius 3 is 0.794 bits per heavy atom. The van der Waals surface area contributed by atoms with Crippen molar-refractivity contribution in [2.45, 2.75) is 27.7 Å². The topological polar surface area (TPSA) is 0 Å². The van der Waals surface area contributed by atoms with Crippen LogP contribution in [0.5, 0.6) is 0 Å². The molecule has 0 saturated carbocycles. The average molecular weight is 471 g/mol. The lowest BCUT2D eigenvalue weighted by atomic mass is 10.2. The molecule has 0 bridgehead atoms. The molecule has 0 aliphatic heterocycles. The zero-order valence-electron chi connectivity index (χ0n) is 20.4. The second-order valence-electron chi connectivity index (χ2n) is 9.05. The molecule has 4 aromatic rings. The van der Waals surface area contributed by atoms with E-state index < -0.39 is 15.2 Å². The van der Waals surface area contributed by atoms with Gasteiger partial charge in [0.2, 0.25) is 15.2 Å².